The molecule has 1 amide bonds. The van der Waals surface area contributed by atoms with Crippen molar-refractivity contribution >= 4 is 5.91 Å². The lowest BCUT2D eigenvalue weighted by Gasteiger charge is -2.14. The summed E-state index contributed by atoms with van der Waals surface area (Å²) in [6.45, 7) is 2.89. The number of hydrogen-bond donors (Lipinski definition) is 1. The molecule has 1 aliphatic heterocycles. The van der Waals surface area contributed by atoms with Crippen molar-refractivity contribution < 1.29 is 9.90 Å². The Labute approximate surface area is 88.3 Å². The number of amides is 1. The van der Waals surface area contributed by atoms with Crippen molar-refractivity contribution in [3.05, 3.63) is 17.5 Å². The predicted molar refractivity (Wildman–Crippen MR) is 54.5 cm³/mol. The second-order valence-electron chi connectivity index (χ2n) is 4.00. The van der Waals surface area contributed by atoms with Gasteiger partial charge in [-0.05, 0) is 13.3 Å². The first kappa shape index (κ1) is 10.2. The minimum Gasteiger partial charge on any atom is -0.391 e. The lowest BCUT2D eigenvalue weighted by molar-refractivity contribution is 0.0764. The molecular weight excluding hydrogens is 194 g/mol. The molecule has 0 bridgehead atoms. The zero-order valence-electron chi connectivity index (χ0n) is 8.97. The second-order valence-corrected chi connectivity index (χ2v) is 4.00. The monoisotopic (exact) mass is 209 g/mol. The maximum absolute atomic E-state index is 12.0. The van der Waals surface area contributed by atoms with Gasteiger partial charge >= 0.3 is 0 Å². The van der Waals surface area contributed by atoms with Crippen LogP contribution in [0.5, 0.6) is 0 Å². The summed E-state index contributed by atoms with van der Waals surface area (Å²) in [5, 5.41) is 13.5. The molecule has 2 heterocycles. The molecule has 82 valence electrons. The van der Waals surface area contributed by atoms with Crippen molar-refractivity contribution in [2.45, 2.75) is 19.4 Å². The van der Waals surface area contributed by atoms with Gasteiger partial charge in [-0.25, -0.2) is 0 Å². The summed E-state index contributed by atoms with van der Waals surface area (Å²) in [7, 11) is 1.79. The highest BCUT2D eigenvalue weighted by molar-refractivity contribution is 5.95. The van der Waals surface area contributed by atoms with E-state index < -0.39 is 0 Å². The Balaban J connectivity index is 2.17. The van der Waals surface area contributed by atoms with Gasteiger partial charge in [0.1, 0.15) is 0 Å². The first-order chi connectivity index (χ1) is 7.08. The van der Waals surface area contributed by atoms with Crippen molar-refractivity contribution in [2.75, 3.05) is 13.1 Å². The largest absolute Gasteiger partial charge is 0.391 e. The second kappa shape index (κ2) is 3.66. The van der Waals surface area contributed by atoms with Crippen LogP contribution in [0.2, 0.25) is 0 Å². The summed E-state index contributed by atoms with van der Waals surface area (Å²) < 4.78 is 1.63. The van der Waals surface area contributed by atoms with E-state index in [-0.39, 0.29) is 12.0 Å². The third-order valence-electron chi connectivity index (χ3n) is 2.69. The number of carbonyl (C=O) groups excluding carboxylic acids is 1. The molecular formula is C10H15N3O2. The Hall–Kier alpha value is -1.36. The molecule has 0 radical (unpaired) electrons. The van der Waals surface area contributed by atoms with Crippen molar-refractivity contribution in [2.24, 2.45) is 7.05 Å². The summed E-state index contributed by atoms with van der Waals surface area (Å²) in [4.78, 5) is 13.7. The van der Waals surface area contributed by atoms with E-state index in [9.17, 15) is 9.90 Å². The fraction of sp³-hybridized carbons (Fsp3) is 0.600. The molecule has 1 aromatic rings. The van der Waals surface area contributed by atoms with Crippen LogP contribution in [0.15, 0.2) is 6.20 Å². The summed E-state index contributed by atoms with van der Waals surface area (Å²) in [5.41, 5.74) is 1.37. The Morgan fingerprint density at radius 3 is 2.87 bits per heavy atom. The SMILES string of the molecule is Cc1nn(C)cc1C(=O)N1CCC(O)C1. The van der Waals surface area contributed by atoms with E-state index in [1.807, 2.05) is 6.92 Å². The van der Waals surface area contributed by atoms with Crippen LogP contribution in [0.4, 0.5) is 0 Å². The molecule has 0 aliphatic carbocycles. The molecule has 1 N–H and O–H groups in total. The van der Waals surface area contributed by atoms with Crippen molar-refractivity contribution in [1.82, 2.24) is 14.7 Å². The van der Waals surface area contributed by atoms with Crippen LogP contribution < -0.4 is 0 Å². The number of aliphatic hydroxyl groups excluding tert-OH is 1. The van der Waals surface area contributed by atoms with Crippen molar-refractivity contribution in [3.8, 4) is 0 Å². The van der Waals surface area contributed by atoms with Crippen LogP contribution in [0.3, 0.4) is 0 Å². The number of carbonyl (C=O) groups is 1. The molecule has 2 rings (SSSR count). The smallest absolute Gasteiger partial charge is 0.257 e. The topological polar surface area (TPSA) is 58.4 Å². The molecule has 0 saturated carbocycles. The van der Waals surface area contributed by atoms with E-state index in [1.54, 1.807) is 22.8 Å². The van der Waals surface area contributed by atoms with Crippen LogP contribution in [-0.2, 0) is 7.05 Å². The van der Waals surface area contributed by atoms with Crippen molar-refractivity contribution in [3.63, 3.8) is 0 Å². The van der Waals surface area contributed by atoms with Crippen LogP contribution in [0.1, 0.15) is 22.5 Å². The maximum Gasteiger partial charge on any atom is 0.257 e. The molecule has 15 heavy (non-hydrogen) atoms. The average molecular weight is 209 g/mol. The summed E-state index contributed by atoms with van der Waals surface area (Å²) >= 11 is 0. The van der Waals surface area contributed by atoms with Gasteiger partial charge in [0.25, 0.3) is 5.91 Å². The Kier molecular flexibility index (Phi) is 2.48. The third-order valence-corrected chi connectivity index (χ3v) is 2.69. The lowest BCUT2D eigenvalue weighted by Crippen LogP contribution is -2.29. The fourth-order valence-electron chi connectivity index (χ4n) is 1.91. The van der Waals surface area contributed by atoms with Crippen LogP contribution in [0, 0.1) is 6.92 Å². The van der Waals surface area contributed by atoms with Gasteiger partial charge in [0.05, 0.1) is 17.4 Å². The van der Waals surface area contributed by atoms with E-state index in [4.69, 9.17) is 0 Å². The molecule has 1 atom stereocenters. The highest BCUT2D eigenvalue weighted by Gasteiger charge is 2.27. The van der Waals surface area contributed by atoms with Gasteiger partial charge in [-0.2, -0.15) is 5.10 Å². The minimum atomic E-state index is -0.370. The average Bonchev–Trinajstić information content (AvgIpc) is 2.71. The third kappa shape index (κ3) is 1.87. The van der Waals surface area contributed by atoms with Crippen LogP contribution in [0.25, 0.3) is 0 Å². The number of nitrogens with zero attached hydrogens (tertiary/aromatic N) is 3. The van der Waals surface area contributed by atoms with Crippen LogP contribution >= 0.6 is 0 Å². The maximum atomic E-state index is 12.0. The Bertz CT molecular complexity index is 386. The van der Waals surface area contributed by atoms with Gasteiger partial charge in [-0.3, -0.25) is 9.48 Å². The summed E-state index contributed by atoms with van der Waals surface area (Å²) in [6, 6.07) is 0. The predicted octanol–water partition coefficient (Wildman–Crippen LogP) is -0.0647. The lowest BCUT2D eigenvalue weighted by atomic mass is 10.2. The molecule has 5 nitrogen and oxygen atoms in total. The number of aliphatic hydroxyl groups is 1. The van der Waals surface area contributed by atoms with Gasteiger partial charge in [0, 0.05) is 26.3 Å². The first-order valence-electron chi connectivity index (χ1n) is 5.05. The zero-order chi connectivity index (χ0) is 11.0. The molecule has 1 aromatic heterocycles. The van der Waals surface area contributed by atoms with Gasteiger partial charge in [0.2, 0.25) is 0 Å². The molecule has 1 fully saturated rings. The first-order valence-corrected chi connectivity index (χ1v) is 5.05. The molecule has 0 spiro atoms. The summed E-state index contributed by atoms with van der Waals surface area (Å²) in [5.74, 6) is -0.0304. The zero-order valence-corrected chi connectivity index (χ0v) is 8.97. The molecule has 1 saturated heterocycles. The molecule has 1 unspecified atom stereocenters. The highest BCUT2D eigenvalue weighted by atomic mass is 16.3. The van der Waals surface area contributed by atoms with Gasteiger partial charge in [0.15, 0.2) is 0 Å². The van der Waals surface area contributed by atoms with Gasteiger partial charge in [-0.1, -0.05) is 0 Å². The van der Waals surface area contributed by atoms with E-state index in [0.717, 1.165) is 5.69 Å². The number of rotatable bonds is 1. The van der Waals surface area contributed by atoms with E-state index in [2.05, 4.69) is 5.10 Å². The Morgan fingerprint density at radius 1 is 1.67 bits per heavy atom. The van der Waals surface area contributed by atoms with Gasteiger partial charge in [-0.15, -0.1) is 0 Å². The standard InChI is InChI=1S/C10H15N3O2/c1-7-9(6-12(2)11-7)10(15)13-4-3-8(14)5-13/h6,8,14H,3-5H2,1-2H3. The quantitative estimate of drug-likeness (QED) is 0.704. The molecule has 5 heteroatoms. The minimum absolute atomic E-state index is 0.0304. The number of β-amino-alcohol motifs (C(OH)–C–C–N with tert-alkyl or cyclic N) is 1. The number of aryl methyl sites for hydroxylation is 2. The molecule has 1 aliphatic rings. The van der Waals surface area contributed by atoms with Crippen LogP contribution in [-0.4, -0.2) is 44.9 Å². The van der Waals surface area contributed by atoms with E-state index >= 15 is 0 Å². The van der Waals surface area contributed by atoms with E-state index in [0.29, 0.717) is 25.1 Å². The fourth-order valence-corrected chi connectivity index (χ4v) is 1.91. The molecule has 0 aromatic carbocycles. The highest BCUT2D eigenvalue weighted by Crippen LogP contribution is 2.15. The van der Waals surface area contributed by atoms with Crippen molar-refractivity contribution in [1.29, 1.82) is 0 Å². The normalized spacial score (nSPS) is 21.0. The number of hydrogen-bond acceptors (Lipinski definition) is 3. The summed E-state index contributed by atoms with van der Waals surface area (Å²) in [6.07, 6.45) is 2.03. The number of likely N-dealkylation sites (tertiary alicyclic amines) is 1. The van der Waals surface area contributed by atoms with E-state index in [1.165, 1.54) is 0 Å². The Morgan fingerprint density at radius 2 is 2.40 bits per heavy atom. The number of aromatic nitrogens is 2. The van der Waals surface area contributed by atoms with Gasteiger partial charge < -0.3 is 10.0 Å².